The van der Waals surface area contributed by atoms with Crippen LogP contribution in [-0.2, 0) is 4.79 Å². The largest absolute Gasteiger partial charge is 0.493 e. The maximum atomic E-state index is 13.7. The highest BCUT2D eigenvalue weighted by molar-refractivity contribution is 8.26. The summed E-state index contributed by atoms with van der Waals surface area (Å²) in [6, 6.07) is 10.4. The Balaban J connectivity index is 1.85. The lowest BCUT2D eigenvalue weighted by molar-refractivity contribution is -0.121. The summed E-state index contributed by atoms with van der Waals surface area (Å²) in [6.07, 6.45) is 1.67. The number of hydrogen-bond acceptors (Lipinski definition) is 6. The monoisotopic (exact) mass is 403 g/mol. The van der Waals surface area contributed by atoms with Gasteiger partial charge in [0.1, 0.15) is 10.1 Å². The standard InChI is InChI=1S/C19H14FNO4S2/c1-21-17(22)16(27-19(21)26)10-11-7-8-14(15(9-11)24-2)25-18(23)12-5-3-4-6-13(12)20/h3-10H,1-2H3/b16-10+. The van der Waals surface area contributed by atoms with Gasteiger partial charge in [-0.15, -0.1) is 0 Å². The van der Waals surface area contributed by atoms with Gasteiger partial charge in [-0.25, -0.2) is 9.18 Å². The smallest absolute Gasteiger partial charge is 0.346 e. The number of carbonyl (C=O) groups is 2. The molecule has 2 aromatic carbocycles. The number of methoxy groups -OCH3 is 1. The number of likely N-dealkylation sites (N-methyl/N-ethyl adjacent to an activating group) is 1. The van der Waals surface area contributed by atoms with Crippen molar-refractivity contribution >= 4 is 46.3 Å². The number of nitrogens with zero attached hydrogens (tertiary/aromatic N) is 1. The maximum absolute atomic E-state index is 13.7. The molecule has 1 heterocycles. The number of thiocarbonyl (C=S) groups is 1. The molecule has 0 aliphatic carbocycles. The molecule has 5 nitrogen and oxygen atoms in total. The minimum atomic E-state index is -0.828. The molecule has 1 fully saturated rings. The van der Waals surface area contributed by atoms with Crippen molar-refractivity contribution in [3.05, 3.63) is 64.3 Å². The van der Waals surface area contributed by atoms with Crippen molar-refractivity contribution in [2.45, 2.75) is 0 Å². The normalized spacial score (nSPS) is 15.4. The highest BCUT2D eigenvalue weighted by Crippen LogP contribution is 2.34. The number of halogens is 1. The van der Waals surface area contributed by atoms with E-state index < -0.39 is 11.8 Å². The third-order valence-corrected chi connectivity index (χ3v) is 5.25. The Bertz CT molecular complexity index is 974. The summed E-state index contributed by atoms with van der Waals surface area (Å²) in [5.41, 5.74) is 0.502. The van der Waals surface area contributed by atoms with E-state index in [2.05, 4.69) is 0 Å². The van der Waals surface area contributed by atoms with Gasteiger partial charge in [0.15, 0.2) is 11.5 Å². The van der Waals surface area contributed by atoms with Gasteiger partial charge < -0.3 is 9.47 Å². The van der Waals surface area contributed by atoms with E-state index in [4.69, 9.17) is 21.7 Å². The fourth-order valence-corrected chi connectivity index (χ4v) is 3.52. The molecule has 138 valence electrons. The van der Waals surface area contributed by atoms with Crippen LogP contribution in [0, 0.1) is 5.82 Å². The van der Waals surface area contributed by atoms with Crippen LogP contribution in [0.1, 0.15) is 15.9 Å². The lowest BCUT2D eigenvalue weighted by Crippen LogP contribution is -2.22. The lowest BCUT2D eigenvalue weighted by Gasteiger charge is -2.10. The van der Waals surface area contributed by atoms with Crippen LogP contribution in [0.3, 0.4) is 0 Å². The van der Waals surface area contributed by atoms with E-state index in [1.54, 1.807) is 31.3 Å². The Labute approximate surface area is 164 Å². The summed E-state index contributed by atoms with van der Waals surface area (Å²) in [7, 11) is 3.04. The summed E-state index contributed by atoms with van der Waals surface area (Å²) in [6.45, 7) is 0. The van der Waals surface area contributed by atoms with Crippen LogP contribution in [0.2, 0.25) is 0 Å². The predicted octanol–water partition coefficient (Wildman–Crippen LogP) is 3.88. The lowest BCUT2D eigenvalue weighted by atomic mass is 10.1. The fraction of sp³-hybridized carbons (Fsp3) is 0.105. The first-order valence-electron chi connectivity index (χ1n) is 7.77. The van der Waals surface area contributed by atoms with Gasteiger partial charge in [-0.3, -0.25) is 9.69 Å². The van der Waals surface area contributed by atoms with E-state index in [0.717, 1.165) is 0 Å². The quantitative estimate of drug-likeness (QED) is 0.334. The van der Waals surface area contributed by atoms with E-state index in [-0.39, 0.29) is 23.0 Å². The molecular formula is C19H14FNO4S2. The van der Waals surface area contributed by atoms with E-state index in [1.165, 1.54) is 48.0 Å². The molecule has 0 saturated carbocycles. The van der Waals surface area contributed by atoms with Gasteiger partial charge in [-0.2, -0.15) is 0 Å². The average molecular weight is 403 g/mol. The van der Waals surface area contributed by atoms with Crippen molar-refractivity contribution in [3.63, 3.8) is 0 Å². The molecule has 0 spiro atoms. The number of rotatable bonds is 4. The van der Waals surface area contributed by atoms with E-state index >= 15 is 0 Å². The minimum absolute atomic E-state index is 0.144. The number of ether oxygens (including phenoxy) is 2. The Hall–Kier alpha value is -2.71. The summed E-state index contributed by atoms with van der Waals surface area (Å²) >= 11 is 6.31. The van der Waals surface area contributed by atoms with Crippen LogP contribution in [-0.4, -0.2) is 35.3 Å². The summed E-state index contributed by atoms with van der Waals surface area (Å²) in [5.74, 6) is -1.25. The molecule has 0 N–H and O–H groups in total. The molecule has 0 unspecified atom stereocenters. The topological polar surface area (TPSA) is 55.8 Å². The Morgan fingerprint density at radius 2 is 1.96 bits per heavy atom. The minimum Gasteiger partial charge on any atom is -0.493 e. The van der Waals surface area contributed by atoms with Crippen LogP contribution in [0.15, 0.2) is 47.4 Å². The second-order valence-corrected chi connectivity index (χ2v) is 7.20. The number of carbonyl (C=O) groups excluding carboxylic acids is 2. The molecular weight excluding hydrogens is 389 g/mol. The molecule has 0 atom stereocenters. The Kier molecular flexibility index (Phi) is 5.57. The molecule has 0 radical (unpaired) electrons. The Morgan fingerprint density at radius 1 is 1.22 bits per heavy atom. The van der Waals surface area contributed by atoms with Crippen molar-refractivity contribution in [1.82, 2.24) is 4.90 Å². The number of esters is 1. The van der Waals surface area contributed by atoms with Crippen LogP contribution < -0.4 is 9.47 Å². The van der Waals surface area contributed by atoms with Crippen molar-refractivity contribution < 1.29 is 23.5 Å². The molecule has 1 aliphatic heterocycles. The number of benzene rings is 2. The van der Waals surface area contributed by atoms with Gasteiger partial charge in [0, 0.05) is 7.05 Å². The molecule has 1 aliphatic rings. The summed E-state index contributed by atoms with van der Waals surface area (Å²) in [5, 5.41) is 0. The second kappa shape index (κ2) is 7.89. The number of thioether (sulfide) groups is 1. The zero-order valence-electron chi connectivity index (χ0n) is 14.4. The predicted molar refractivity (Wildman–Crippen MR) is 105 cm³/mol. The van der Waals surface area contributed by atoms with Gasteiger partial charge >= 0.3 is 5.97 Å². The molecule has 2 aromatic rings. The SMILES string of the molecule is COc1cc(/C=C2/SC(=S)N(C)C2=O)ccc1OC(=O)c1ccccc1F. The van der Waals surface area contributed by atoms with E-state index in [0.29, 0.717) is 14.8 Å². The zero-order chi connectivity index (χ0) is 19.6. The van der Waals surface area contributed by atoms with E-state index in [9.17, 15) is 14.0 Å². The van der Waals surface area contributed by atoms with Crippen LogP contribution in [0.25, 0.3) is 6.08 Å². The van der Waals surface area contributed by atoms with Crippen molar-refractivity contribution in [2.75, 3.05) is 14.2 Å². The molecule has 0 bridgehead atoms. The van der Waals surface area contributed by atoms with Crippen molar-refractivity contribution in [3.8, 4) is 11.5 Å². The first kappa shape index (κ1) is 19.1. The molecule has 27 heavy (non-hydrogen) atoms. The van der Waals surface area contributed by atoms with Crippen molar-refractivity contribution in [2.24, 2.45) is 0 Å². The second-order valence-electron chi connectivity index (χ2n) is 5.52. The summed E-state index contributed by atoms with van der Waals surface area (Å²) in [4.78, 5) is 26.2. The van der Waals surface area contributed by atoms with Gasteiger partial charge in [0.05, 0.1) is 17.6 Å². The highest BCUT2D eigenvalue weighted by Gasteiger charge is 2.28. The molecule has 0 aromatic heterocycles. The van der Waals surface area contributed by atoms with Crippen LogP contribution in [0.4, 0.5) is 4.39 Å². The number of amides is 1. The third kappa shape index (κ3) is 4.01. The first-order chi connectivity index (χ1) is 12.9. The van der Waals surface area contributed by atoms with Gasteiger partial charge in [-0.1, -0.05) is 42.2 Å². The summed E-state index contributed by atoms with van der Waals surface area (Å²) < 4.78 is 24.7. The van der Waals surface area contributed by atoms with E-state index in [1.807, 2.05) is 0 Å². The maximum Gasteiger partial charge on any atom is 0.346 e. The molecule has 8 heteroatoms. The Morgan fingerprint density at radius 3 is 2.59 bits per heavy atom. The van der Waals surface area contributed by atoms with Gasteiger partial charge in [0.2, 0.25) is 0 Å². The average Bonchev–Trinajstić information content (AvgIpc) is 2.90. The molecule has 1 amide bonds. The van der Waals surface area contributed by atoms with Gasteiger partial charge in [0.25, 0.3) is 5.91 Å². The number of hydrogen-bond donors (Lipinski definition) is 0. The molecule has 1 saturated heterocycles. The zero-order valence-corrected chi connectivity index (χ0v) is 16.0. The van der Waals surface area contributed by atoms with Crippen LogP contribution >= 0.6 is 24.0 Å². The van der Waals surface area contributed by atoms with Crippen molar-refractivity contribution in [1.29, 1.82) is 0 Å². The molecule has 3 rings (SSSR count). The fourth-order valence-electron chi connectivity index (χ4n) is 2.34. The highest BCUT2D eigenvalue weighted by atomic mass is 32.2. The third-order valence-electron chi connectivity index (χ3n) is 3.77. The first-order valence-corrected chi connectivity index (χ1v) is 8.99. The van der Waals surface area contributed by atoms with Gasteiger partial charge in [-0.05, 0) is 35.9 Å². The van der Waals surface area contributed by atoms with Crippen LogP contribution in [0.5, 0.6) is 11.5 Å².